The molecule has 1 aliphatic carbocycles. The van der Waals surface area contributed by atoms with E-state index in [9.17, 15) is 0 Å². The summed E-state index contributed by atoms with van der Waals surface area (Å²) in [5.74, 6) is 1.38. The summed E-state index contributed by atoms with van der Waals surface area (Å²) in [6.07, 6.45) is 6.05. The molecule has 0 N–H and O–H groups in total. The molecule has 1 aliphatic rings. The number of aromatic nitrogens is 2. The summed E-state index contributed by atoms with van der Waals surface area (Å²) < 4.78 is 7.08. The van der Waals surface area contributed by atoms with Gasteiger partial charge in [-0.2, -0.15) is 10.4 Å². The first-order valence-corrected chi connectivity index (χ1v) is 5.29. The van der Waals surface area contributed by atoms with Crippen molar-refractivity contribution in [2.45, 2.75) is 18.8 Å². The number of pyridine rings is 1. The molecule has 2 heterocycles. The Morgan fingerprint density at radius 3 is 3.00 bits per heavy atom. The minimum absolute atomic E-state index is 0.555. The Hall–Kier alpha value is -2.02. The average Bonchev–Trinajstić information content (AvgIpc) is 3.08. The maximum absolute atomic E-state index is 8.98. The van der Waals surface area contributed by atoms with Crippen LogP contribution in [-0.2, 0) is 0 Å². The summed E-state index contributed by atoms with van der Waals surface area (Å²) in [4.78, 5) is 0. The lowest BCUT2D eigenvalue weighted by Crippen LogP contribution is -1.95. The van der Waals surface area contributed by atoms with E-state index >= 15 is 0 Å². The predicted molar refractivity (Wildman–Crippen MR) is 58.4 cm³/mol. The highest BCUT2D eigenvalue weighted by molar-refractivity contribution is 5.69. The van der Waals surface area contributed by atoms with Crippen LogP contribution < -0.4 is 4.74 Å². The molecule has 1 saturated carbocycles. The van der Waals surface area contributed by atoms with Crippen molar-refractivity contribution in [2.75, 3.05) is 7.11 Å². The molecule has 0 saturated heterocycles. The van der Waals surface area contributed by atoms with Crippen molar-refractivity contribution < 1.29 is 4.74 Å². The van der Waals surface area contributed by atoms with Crippen LogP contribution in [0.2, 0.25) is 0 Å². The van der Waals surface area contributed by atoms with Gasteiger partial charge in [-0.05, 0) is 30.4 Å². The third-order valence-corrected chi connectivity index (χ3v) is 2.99. The first-order chi connectivity index (χ1) is 7.83. The molecule has 0 aliphatic heterocycles. The molecule has 0 unspecified atom stereocenters. The van der Waals surface area contributed by atoms with Gasteiger partial charge in [-0.15, -0.1) is 0 Å². The third kappa shape index (κ3) is 1.25. The summed E-state index contributed by atoms with van der Waals surface area (Å²) in [5.41, 5.74) is 2.56. The Kier molecular flexibility index (Phi) is 1.87. The zero-order chi connectivity index (χ0) is 11.1. The lowest BCUT2D eigenvalue weighted by molar-refractivity contribution is 0.417. The van der Waals surface area contributed by atoms with Crippen molar-refractivity contribution in [1.82, 2.24) is 9.61 Å². The van der Waals surface area contributed by atoms with Gasteiger partial charge in [0.05, 0.1) is 13.3 Å². The van der Waals surface area contributed by atoms with Crippen LogP contribution in [-0.4, -0.2) is 16.7 Å². The Bertz CT molecular complexity index is 590. The standard InChI is InChI=1S/C12H11N3O/c1-16-11-4-9(8-2-3-8)7-15-12(11)10(5-13)6-14-15/h4,6-8H,2-3H2,1H3. The van der Waals surface area contributed by atoms with Crippen LogP contribution in [0.25, 0.3) is 5.52 Å². The zero-order valence-electron chi connectivity index (χ0n) is 8.97. The molecule has 0 atom stereocenters. The molecule has 4 nitrogen and oxygen atoms in total. The monoisotopic (exact) mass is 213 g/mol. The fourth-order valence-corrected chi connectivity index (χ4v) is 1.98. The number of methoxy groups -OCH3 is 1. The Morgan fingerprint density at radius 2 is 2.38 bits per heavy atom. The van der Waals surface area contributed by atoms with Gasteiger partial charge in [0.15, 0.2) is 0 Å². The molecule has 16 heavy (non-hydrogen) atoms. The van der Waals surface area contributed by atoms with E-state index in [1.54, 1.807) is 17.8 Å². The quantitative estimate of drug-likeness (QED) is 0.767. The Morgan fingerprint density at radius 1 is 1.56 bits per heavy atom. The van der Waals surface area contributed by atoms with Crippen LogP contribution in [0.4, 0.5) is 0 Å². The lowest BCUT2D eigenvalue weighted by atomic mass is 10.1. The summed E-state index contributed by atoms with van der Waals surface area (Å²) in [6.45, 7) is 0. The third-order valence-electron chi connectivity index (χ3n) is 2.99. The molecular formula is C12H11N3O. The van der Waals surface area contributed by atoms with Crippen molar-refractivity contribution in [3.63, 3.8) is 0 Å². The van der Waals surface area contributed by atoms with Crippen LogP contribution in [0.15, 0.2) is 18.5 Å². The number of rotatable bonds is 2. The number of nitriles is 1. The van der Waals surface area contributed by atoms with Crippen LogP contribution in [0.1, 0.15) is 29.9 Å². The summed E-state index contributed by atoms with van der Waals surface area (Å²) in [7, 11) is 1.63. The van der Waals surface area contributed by atoms with E-state index in [0.29, 0.717) is 11.5 Å². The molecule has 3 rings (SSSR count). The van der Waals surface area contributed by atoms with Crippen molar-refractivity contribution in [2.24, 2.45) is 0 Å². The number of nitrogens with zero attached hydrogens (tertiary/aromatic N) is 3. The topological polar surface area (TPSA) is 50.3 Å². The average molecular weight is 213 g/mol. The highest BCUT2D eigenvalue weighted by Crippen LogP contribution is 2.41. The summed E-state index contributed by atoms with van der Waals surface area (Å²) in [6, 6.07) is 4.15. The fourth-order valence-electron chi connectivity index (χ4n) is 1.98. The van der Waals surface area contributed by atoms with Gasteiger partial charge in [-0.1, -0.05) is 0 Å². The first kappa shape index (κ1) is 9.22. The minimum atomic E-state index is 0.555. The number of hydrogen-bond acceptors (Lipinski definition) is 3. The Balaban J connectivity index is 2.28. The van der Waals surface area contributed by atoms with Gasteiger partial charge >= 0.3 is 0 Å². The molecule has 0 spiro atoms. The smallest absolute Gasteiger partial charge is 0.146 e. The van der Waals surface area contributed by atoms with E-state index in [0.717, 1.165) is 11.3 Å². The second-order valence-electron chi connectivity index (χ2n) is 4.08. The molecule has 0 radical (unpaired) electrons. The van der Waals surface area contributed by atoms with E-state index in [1.807, 2.05) is 12.3 Å². The molecule has 2 aromatic heterocycles. The first-order valence-electron chi connectivity index (χ1n) is 5.29. The van der Waals surface area contributed by atoms with E-state index in [1.165, 1.54) is 18.4 Å². The normalized spacial score (nSPS) is 15.0. The van der Waals surface area contributed by atoms with Crippen LogP contribution >= 0.6 is 0 Å². The number of hydrogen-bond donors (Lipinski definition) is 0. The summed E-state index contributed by atoms with van der Waals surface area (Å²) in [5, 5.41) is 13.2. The maximum atomic E-state index is 8.98. The van der Waals surface area contributed by atoms with Crippen molar-refractivity contribution >= 4 is 5.52 Å². The van der Waals surface area contributed by atoms with Crippen LogP contribution in [0.5, 0.6) is 5.75 Å². The Labute approximate surface area is 93.1 Å². The van der Waals surface area contributed by atoms with Gasteiger partial charge in [0.2, 0.25) is 0 Å². The van der Waals surface area contributed by atoms with Crippen molar-refractivity contribution in [3.05, 3.63) is 29.6 Å². The molecule has 0 amide bonds. The SMILES string of the molecule is COc1cc(C2CC2)cn2ncc(C#N)c12. The number of ether oxygens (including phenoxy) is 1. The van der Waals surface area contributed by atoms with Crippen LogP contribution in [0, 0.1) is 11.3 Å². The number of fused-ring (bicyclic) bond motifs is 1. The largest absolute Gasteiger partial charge is 0.494 e. The molecule has 1 fully saturated rings. The highest BCUT2D eigenvalue weighted by Gasteiger charge is 2.25. The van der Waals surface area contributed by atoms with Crippen LogP contribution in [0.3, 0.4) is 0 Å². The second-order valence-corrected chi connectivity index (χ2v) is 4.08. The zero-order valence-corrected chi connectivity index (χ0v) is 8.97. The molecule has 2 aromatic rings. The second kappa shape index (κ2) is 3.24. The molecular weight excluding hydrogens is 202 g/mol. The maximum Gasteiger partial charge on any atom is 0.146 e. The van der Waals surface area contributed by atoms with Gasteiger partial charge in [0.1, 0.15) is 22.9 Å². The fraction of sp³-hybridized carbons (Fsp3) is 0.333. The van der Waals surface area contributed by atoms with Gasteiger partial charge in [0.25, 0.3) is 0 Å². The molecule has 4 heteroatoms. The summed E-state index contributed by atoms with van der Waals surface area (Å²) >= 11 is 0. The highest BCUT2D eigenvalue weighted by atomic mass is 16.5. The van der Waals surface area contributed by atoms with E-state index in [4.69, 9.17) is 10.00 Å². The van der Waals surface area contributed by atoms with E-state index in [2.05, 4.69) is 11.2 Å². The van der Waals surface area contributed by atoms with Gasteiger partial charge in [-0.25, -0.2) is 4.52 Å². The molecule has 0 aromatic carbocycles. The van der Waals surface area contributed by atoms with Gasteiger partial charge in [-0.3, -0.25) is 0 Å². The molecule has 0 bridgehead atoms. The van der Waals surface area contributed by atoms with Gasteiger partial charge < -0.3 is 4.74 Å². The van der Waals surface area contributed by atoms with Crippen molar-refractivity contribution in [1.29, 1.82) is 5.26 Å². The van der Waals surface area contributed by atoms with E-state index in [-0.39, 0.29) is 0 Å². The lowest BCUT2D eigenvalue weighted by Gasteiger charge is -2.06. The molecule has 80 valence electrons. The predicted octanol–water partition coefficient (Wildman–Crippen LogP) is 2.09. The van der Waals surface area contributed by atoms with Crippen molar-refractivity contribution in [3.8, 4) is 11.8 Å². The minimum Gasteiger partial charge on any atom is -0.494 e. The van der Waals surface area contributed by atoms with Gasteiger partial charge in [0, 0.05) is 6.20 Å². The van der Waals surface area contributed by atoms with E-state index < -0.39 is 0 Å².